The third kappa shape index (κ3) is 6.59. The highest BCUT2D eigenvalue weighted by Crippen LogP contribution is 2.32. The van der Waals surface area contributed by atoms with Gasteiger partial charge < -0.3 is 4.74 Å². The van der Waals surface area contributed by atoms with Crippen LogP contribution in [0.25, 0.3) is 16.8 Å². The van der Waals surface area contributed by atoms with Gasteiger partial charge in [-0.3, -0.25) is 25.8 Å². The number of halogens is 2. The van der Waals surface area contributed by atoms with E-state index in [0.717, 1.165) is 15.2 Å². The van der Waals surface area contributed by atoms with Crippen molar-refractivity contribution in [3.63, 3.8) is 0 Å². The van der Waals surface area contributed by atoms with Crippen molar-refractivity contribution in [2.75, 3.05) is 6.61 Å². The van der Waals surface area contributed by atoms with Crippen molar-refractivity contribution in [1.29, 1.82) is 0 Å². The molecule has 0 radical (unpaired) electrons. The molecular formula is C22H17BrFN3O3S. The number of nitrogens with one attached hydrogen (secondary N) is 3. The van der Waals surface area contributed by atoms with Crippen LogP contribution in [-0.2, 0) is 9.59 Å². The van der Waals surface area contributed by atoms with Gasteiger partial charge in [-0.1, -0.05) is 42.5 Å². The van der Waals surface area contributed by atoms with Crippen LogP contribution in [0.15, 0.2) is 71.2 Å². The van der Waals surface area contributed by atoms with Gasteiger partial charge in [-0.05, 0) is 68.8 Å². The molecule has 3 N–H and O–H groups in total. The smallest absolute Gasteiger partial charge is 0.276 e. The van der Waals surface area contributed by atoms with Gasteiger partial charge in [0.15, 0.2) is 11.7 Å². The highest BCUT2D eigenvalue weighted by atomic mass is 79.9. The quantitative estimate of drug-likeness (QED) is 0.281. The SMILES string of the molecule is O=C(C=Cc1ccc(F)cc1)NC(=S)NNC(=O)COc1ccc2ccccc2c1Br. The van der Waals surface area contributed by atoms with E-state index in [9.17, 15) is 14.0 Å². The Bertz CT molecular complexity index is 1150. The zero-order valence-electron chi connectivity index (χ0n) is 16.0. The molecule has 9 heteroatoms. The van der Waals surface area contributed by atoms with E-state index in [2.05, 4.69) is 32.1 Å². The van der Waals surface area contributed by atoms with Crippen molar-refractivity contribution in [3.8, 4) is 5.75 Å². The molecule has 0 spiro atoms. The van der Waals surface area contributed by atoms with Crippen LogP contribution in [0.4, 0.5) is 4.39 Å². The third-order valence-corrected chi connectivity index (χ3v) is 5.06. The number of hydrogen-bond acceptors (Lipinski definition) is 4. The minimum Gasteiger partial charge on any atom is -0.483 e. The summed E-state index contributed by atoms with van der Waals surface area (Å²) in [6.07, 6.45) is 2.74. The molecule has 0 unspecified atom stereocenters. The lowest BCUT2D eigenvalue weighted by Gasteiger charge is -2.12. The lowest BCUT2D eigenvalue weighted by molar-refractivity contribution is -0.123. The van der Waals surface area contributed by atoms with Gasteiger partial charge in [0.05, 0.1) is 4.47 Å². The van der Waals surface area contributed by atoms with Gasteiger partial charge in [-0.15, -0.1) is 0 Å². The zero-order chi connectivity index (χ0) is 22.2. The van der Waals surface area contributed by atoms with Crippen LogP contribution in [0.1, 0.15) is 5.56 Å². The van der Waals surface area contributed by atoms with Gasteiger partial charge in [-0.25, -0.2) is 4.39 Å². The Kier molecular flexibility index (Phi) is 7.69. The summed E-state index contributed by atoms with van der Waals surface area (Å²) in [5.74, 6) is -0.832. The number of carbonyl (C=O) groups is 2. The van der Waals surface area contributed by atoms with E-state index in [-0.39, 0.29) is 17.5 Å². The minimum absolute atomic E-state index is 0.0889. The van der Waals surface area contributed by atoms with Crippen LogP contribution in [0.2, 0.25) is 0 Å². The second-order valence-corrected chi connectivity index (χ2v) is 7.47. The first-order valence-corrected chi connectivity index (χ1v) is 10.3. The highest BCUT2D eigenvalue weighted by Gasteiger charge is 2.09. The topological polar surface area (TPSA) is 79.5 Å². The molecule has 0 heterocycles. The van der Waals surface area contributed by atoms with Gasteiger partial charge in [0, 0.05) is 6.08 Å². The van der Waals surface area contributed by atoms with Crippen molar-refractivity contribution >= 4 is 61.9 Å². The van der Waals surface area contributed by atoms with Crippen LogP contribution in [0.3, 0.4) is 0 Å². The van der Waals surface area contributed by atoms with Gasteiger partial charge >= 0.3 is 0 Å². The van der Waals surface area contributed by atoms with E-state index in [4.69, 9.17) is 17.0 Å². The zero-order valence-corrected chi connectivity index (χ0v) is 18.4. The number of hydrazine groups is 1. The lowest BCUT2D eigenvalue weighted by atomic mass is 10.1. The fraction of sp³-hybridized carbons (Fsp3) is 0.0455. The first-order chi connectivity index (χ1) is 14.9. The van der Waals surface area contributed by atoms with Crippen LogP contribution < -0.4 is 20.9 Å². The minimum atomic E-state index is -0.507. The van der Waals surface area contributed by atoms with Crippen LogP contribution in [0, 0.1) is 5.82 Å². The molecule has 0 aromatic heterocycles. The summed E-state index contributed by atoms with van der Waals surface area (Å²) in [5.41, 5.74) is 5.42. The van der Waals surface area contributed by atoms with Crippen molar-refractivity contribution < 1.29 is 18.7 Å². The average molecular weight is 502 g/mol. The Morgan fingerprint density at radius 1 is 1.03 bits per heavy atom. The van der Waals surface area contributed by atoms with Crippen LogP contribution >= 0.6 is 28.1 Å². The molecule has 0 fully saturated rings. The predicted molar refractivity (Wildman–Crippen MR) is 125 cm³/mol. The lowest BCUT2D eigenvalue weighted by Crippen LogP contribution is -2.49. The standard InChI is InChI=1S/C22H17BrFN3O3S/c23-21-17-4-2-1-3-15(17)8-11-18(21)30-13-20(29)26-27-22(31)25-19(28)12-7-14-5-9-16(24)10-6-14/h1-12H,13H2,(H,26,29)(H2,25,27,28,31). The predicted octanol–water partition coefficient (Wildman–Crippen LogP) is 3.86. The Morgan fingerprint density at radius 2 is 1.77 bits per heavy atom. The van der Waals surface area contributed by atoms with E-state index in [0.29, 0.717) is 11.3 Å². The summed E-state index contributed by atoms with van der Waals surface area (Å²) in [5, 5.41) is 4.30. The molecule has 0 bridgehead atoms. The fourth-order valence-corrected chi connectivity index (χ4v) is 3.32. The molecular weight excluding hydrogens is 485 g/mol. The summed E-state index contributed by atoms with van der Waals surface area (Å²) in [7, 11) is 0. The summed E-state index contributed by atoms with van der Waals surface area (Å²) >= 11 is 8.45. The van der Waals surface area contributed by atoms with Crippen molar-refractivity contribution in [1.82, 2.24) is 16.2 Å². The number of ether oxygens (including phenoxy) is 1. The van der Waals surface area contributed by atoms with Gasteiger partial charge in [-0.2, -0.15) is 0 Å². The molecule has 3 aromatic rings. The van der Waals surface area contributed by atoms with Gasteiger partial charge in [0.25, 0.3) is 5.91 Å². The van der Waals surface area contributed by atoms with E-state index < -0.39 is 11.8 Å². The molecule has 0 aliphatic heterocycles. The molecule has 0 aliphatic rings. The van der Waals surface area contributed by atoms with E-state index in [1.54, 1.807) is 6.07 Å². The second-order valence-electron chi connectivity index (χ2n) is 6.26. The molecule has 3 rings (SSSR count). The summed E-state index contributed by atoms with van der Waals surface area (Å²) in [6.45, 7) is -0.259. The monoisotopic (exact) mass is 501 g/mol. The number of fused-ring (bicyclic) bond motifs is 1. The molecule has 31 heavy (non-hydrogen) atoms. The van der Waals surface area contributed by atoms with Gasteiger partial charge in [0.1, 0.15) is 11.6 Å². The molecule has 0 atom stereocenters. The van der Waals surface area contributed by atoms with E-state index in [1.807, 2.05) is 30.3 Å². The molecule has 2 amide bonds. The molecule has 3 aromatic carbocycles. The molecule has 0 saturated heterocycles. The second kappa shape index (κ2) is 10.6. The third-order valence-electron chi connectivity index (χ3n) is 4.04. The number of amides is 2. The summed E-state index contributed by atoms with van der Waals surface area (Å²) in [6, 6.07) is 17.1. The van der Waals surface area contributed by atoms with Crippen molar-refractivity contribution in [2.45, 2.75) is 0 Å². The Hall–Kier alpha value is -3.30. The number of thiocarbonyl (C=S) groups is 1. The molecule has 0 aliphatic carbocycles. The Labute approximate surface area is 191 Å². The molecule has 158 valence electrons. The van der Waals surface area contributed by atoms with E-state index >= 15 is 0 Å². The highest BCUT2D eigenvalue weighted by molar-refractivity contribution is 9.10. The van der Waals surface area contributed by atoms with Crippen LogP contribution in [-0.4, -0.2) is 23.5 Å². The largest absolute Gasteiger partial charge is 0.483 e. The number of rotatable bonds is 5. The first kappa shape index (κ1) is 22.4. The molecule has 0 saturated carbocycles. The maximum atomic E-state index is 12.9. The Balaban J connectivity index is 1.43. The number of benzene rings is 3. The van der Waals surface area contributed by atoms with Crippen molar-refractivity contribution in [2.24, 2.45) is 0 Å². The molecule has 6 nitrogen and oxygen atoms in total. The van der Waals surface area contributed by atoms with Crippen LogP contribution in [0.5, 0.6) is 5.75 Å². The maximum Gasteiger partial charge on any atom is 0.276 e. The summed E-state index contributed by atoms with van der Waals surface area (Å²) < 4.78 is 19.2. The Morgan fingerprint density at radius 3 is 2.55 bits per heavy atom. The first-order valence-electron chi connectivity index (χ1n) is 9.06. The fourth-order valence-electron chi connectivity index (χ4n) is 2.56. The van der Waals surface area contributed by atoms with Gasteiger partial charge in [0.2, 0.25) is 5.91 Å². The summed E-state index contributed by atoms with van der Waals surface area (Å²) in [4.78, 5) is 23.8. The average Bonchev–Trinajstić information content (AvgIpc) is 2.77. The normalized spacial score (nSPS) is 10.6. The van der Waals surface area contributed by atoms with E-state index in [1.165, 1.54) is 36.4 Å². The number of carbonyl (C=O) groups excluding carboxylic acids is 2. The number of hydrogen-bond donors (Lipinski definition) is 3. The maximum absolute atomic E-state index is 12.9. The van der Waals surface area contributed by atoms with Crippen molar-refractivity contribution in [3.05, 3.63) is 82.6 Å².